The minimum atomic E-state index is -0.276. The van der Waals surface area contributed by atoms with E-state index in [4.69, 9.17) is 4.74 Å². The van der Waals surface area contributed by atoms with E-state index in [0.717, 1.165) is 16.5 Å². The molecule has 3 rings (SSSR count). The van der Waals surface area contributed by atoms with Crippen molar-refractivity contribution in [3.8, 4) is 5.75 Å². The van der Waals surface area contributed by atoms with E-state index in [0.29, 0.717) is 24.5 Å². The predicted octanol–water partition coefficient (Wildman–Crippen LogP) is 2.44. The maximum Gasteiger partial charge on any atom is 0.272 e. The van der Waals surface area contributed by atoms with Crippen LogP contribution in [0.25, 0.3) is 10.9 Å². The van der Waals surface area contributed by atoms with E-state index in [-0.39, 0.29) is 24.3 Å². The summed E-state index contributed by atoms with van der Waals surface area (Å²) in [4.78, 5) is 24.5. The number of rotatable bonds is 8. The van der Waals surface area contributed by atoms with Crippen molar-refractivity contribution in [2.45, 2.75) is 26.4 Å². The molecule has 7 nitrogen and oxygen atoms in total. The second-order valence-electron chi connectivity index (χ2n) is 6.67. The highest BCUT2D eigenvalue weighted by atomic mass is 16.5. The first-order chi connectivity index (χ1) is 13.5. The molecule has 0 aliphatic heterocycles. The van der Waals surface area contributed by atoms with Gasteiger partial charge < -0.3 is 15.4 Å². The van der Waals surface area contributed by atoms with Crippen LogP contribution in [0.2, 0.25) is 0 Å². The number of carbonyl (C=O) groups excluding carboxylic acids is 2. The molecule has 1 aromatic heterocycles. The number of aromatic nitrogens is 2. The molecule has 3 aromatic rings. The van der Waals surface area contributed by atoms with Crippen LogP contribution in [0, 0.1) is 0 Å². The van der Waals surface area contributed by atoms with Crippen LogP contribution in [0.1, 0.15) is 29.9 Å². The summed E-state index contributed by atoms with van der Waals surface area (Å²) in [6, 6.07) is 14.9. The number of amides is 2. The number of para-hydroxylation sites is 2. The second kappa shape index (κ2) is 9.03. The molecular formula is C21H24N4O3. The molecule has 146 valence electrons. The molecule has 0 saturated carbocycles. The fourth-order valence-electron chi connectivity index (χ4n) is 2.85. The Balaban J connectivity index is 1.46. The Hall–Kier alpha value is -3.35. The smallest absolute Gasteiger partial charge is 0.272 e. The Bertz CT molecular complexity index is 965. The molecule has 0 radical (unpaired) electrons. The first-order valence-corrected chi connectivity index (χ1v) is 9.27. The quantitative estimate of drug-likeness (QED) is 0.523. The lowest BCUT2D eigenvalue weighted by Gasteiger charge is -2.14. The molecule has 0 aliphatic carbocycles. The zero-order valence-corrected chi connectivity index (χ0v) is 16.0. The SMILES string of the molecule is CC(C)Oc1ccccc1CC(=O)NCCNC(=O)c1n[nH]c2ccccc12. The van der Waals surface area contributed by atoms with Gasteiger partial charge in [-0.05, 0) is 26.0 Å². The molecule has 0 aliphatic rings. The number of H-pyrrole nitrogens is 1. The van der Waals surface area contributed by atoms with Gasteiger partial charge in [-0.25, -0.2) is 0 Å². The van der Waals surface area contributed by atoms with Crippen LogP contribution in [-0.2, 0) is 11.2 Å². The maximum atomic E-state index is 12.3. The van der Waals surface area contributed by atoms with Crippen LogP contribution in [0.4, 0.5) is 0 Å². The van der Waals surface area contributed by atoms with Crippen molar-refractivity contribution in [1.82, 2.24) is 20.8 Å². The number of benzene rings is 2. The first kappa shape index (κ1) is 19.4. The molecule has 1 heterocycles. The maximum absolute atomic E-state index is 12.3. The van der Waals surface area contributed by atoms with Crippen molar-refractivity contribution in [1.29, 1.82) is 0 Å². The van der Waals surface area contributed by atoms with Crippen LogP contribution >= 0.6 is 0 Å². The minimum absolute atomic E-state index is 0.0394. The molecule has 2 aromatic carbocycles. The van der Waals surface area contributed by atoms with Gasteiger partial charge in [-0.2, -0.15) is 5.10 Å². The Morgan fingerprint density at radius 2 is 1.75 bits per heavy atom. The molecule has 0 unspecified atom stereocenters. The fourth-order valence-corrected chi connectivity index (χ4v) is 2.85. The average molecular weight is 380 g/mol. The molecule has 7 heteroatoms. The van der Waals surface area contributed by atoms with Crippen molar-refractivity contribution in [3.63, 3.8) is 0 Å². The van der Waals surface area contributed by atoms with Gasteiger partial charge in [-0.15, -0.1) is 0 Å². The molecule has 0 saturated heterocycles. The average Bonchev–Trinajstić information content (AvgIpc) is 3.10. The normalized spacial score (nSPS) is 10.8. The van der Waals surface area contributed by atoms with Gasteiger partial charge in [0, 0.05) is 24.0 Å². The largest absolute Gasteiger partial charge is 0.491 e. The third-order valence-electron chi connectivity index (χ3n) is 4.10. The number of carbonyl (C=O) groups is 2. The van der Waals surface area contributed by atoms with Gasteiger partial charge in [0.15, 0.2) is 5.69 Å². The van der Waals surface area contributed by atoms with E-state index in [1.807, 2.05) is 62.4 Å². The van der Waals surface area contributed by atoms with E-state index >= 15 is 0 Å². The van der Waals surface area contributed by atoms with E-state index < -0.39 is 0 Å². The van der Waals surface area contributed by atoms with Crippen molar-refractivity contribution in [2.24, 2.45) is 0 Å². The second-order valence-corrected chi connectivity index (χ2v) is 6.67. The Labute approximate surface area is 163 Å². The minimum Gasteiger partial charge on any atom is -0.491 e. The van der Waals surface area contributed by atoms with Crippen LogP contribution < -0.4 is 15.4 Å². The molecule has 0 fully saturated rings. The number of nitrogens with zero attached hydrogens (tertiary/aromatic N) is 1. The molecule has 28 heavy (non-hydrogen) atoms. The zero-order chi connectivity index (χ0) is 19.9. The lowest BCUT2D eigenvalue weighted by Crippen LogP contribution is -2.35. The third-order valence-corrected chi connectivity index (χ3v) is 4.10. The van der Waals surface area contributed by atoms with E-state index in [2.05, 4.69) is 20.8 Å². The topological polar surface area (TPSA) is 96.1 Å². The summed E-state index contributed by atoms with van der Waals surface area (Å²) >= 11 is 0. The number of aromatic amines is 1. The summed E-state index contributed by atoms with van der Waals surface area (Å²) in [5.74, 6) is 0.313. The summed E-state index contributed by atoms with van der Waals surface area (Å²) in [6.45, 7) is 4.54. The Morgan fingerprint density at radius 1 is 1.04 bits per heavy atom. The zero-order valence-electron chi connectivity index (χ0n) is 16.0. The summed E-state index contributed by atoms with van der Waals surface area (Å²) in [6.07, 6.45) is 0.262. The van der Waals surface area contributed by atoms with Crippen LogP contribution in [-0.4, -0.2) is 41.2 Å². The Kier molecular flexibility index (Phi) is 6.26. The van der Waals surface area contributed by atoms with E-state index in [9.17, 15) is 9.59 Å². The molecule has 0 atom stereocenters. The van der Waals surface area contributed by atoms with Crippen LogP contribution in [0.15, 0.2) is 48.5 Å². The standard InChI is InChI=1S/C21H24N4O3/c1-14(2)28-18-10-6-3-7-15(18)13-19(26)22-11-12-23-21(27)20-16-8-4-5-9-17(16)24-25-20/h3-10,14H,11-13H2,1-2H3,(H,22,26)(H,23,27)(H,24,25). The molecular weight excluding hydrogens is 356 g/mol. The van der Waals surface area contributed by atoms with Gasteiger partial charge in [0.1, 0.15) is 5.75 Å². The van der Waals surface area contributed by atoms with Gasteiger partial charge in [-0.3, -0.25) is 14.7 Å². The number of hydrogen-bond acceptors (Lipinski definition) is 4. The van der Waals surface area contributed by atoms with Gasteiger partial charge in [0.2, 0.25) is 5.91 Å². The van der Waals surface area contributed by atoms with Crippen LogP contribution in [0.5, 0.6) is 5.75 Å². The highest BCUT2D eigenvalue weighted by Crippen LogP contribution is 2.19. The molecule has 3 N–H and O–H groups in total. The van der Waals surface area contributed by atoms with E-state index in [1.165, 1.54) is 0 Å². The highest BCUT2D eigenvalue weighted by Gasteiger charge is 2.13. The van der Waals surface area contributed by atoms with Gasteiger partial charge in [0.05, 0.1) is 18.0 Å². The van der Waals surface area contributed by atoms with Crippen molar-refractivity contribution < 1.29 is 14.3 Å². The van der Waals surface area contributed by atoms with Crippen molar-refractivity contribution >= 4 is 22.7 Å². The number of hydrogen-bond donors (Lipinski definition) is 3. The van der Waals surface area contributed by atoms with E-state index in [1.54, 1.807) is 0 Å². The summed E-state index contributed by atoms with van der Waals surface area (Å²) < 4.78 is 5.73. The highest BCUT2D eigenvalue weighted by molar-refractivity contribution is 6.04. The monoisotopic (exact) mass is 380 g/mol. The molecule has 0 bridgehead atoms. The first-order valence-electron chi connectivity index (χ1n) is 9.27. The summed E-state index contributed by atoms with van der Waals surface area (Å²) in [5, 5.41) is 13.2. The molecule has 0 spiro atoms. The Morgan fingerprint density at radius 3 is 2.57 bits per heavy atom. The van der Waals surface area contributed by atoms with Gasteiger partial charge in [-0.1, -0.05) is 36.4 Å². The van der Waals surface area contributed by atoms with Crippen LogP contribution in [0.3, 0.4) is 0 Å². The fraction of sp³-hybridized carbons (Fsp3) is 0.286. The van der Waals surface area contributed by atoms with Gasteiger partial charge >= 0.3 is 0 Å². The predicted molar refractivity (Wildman–Crippen MR) is 107 cm³/mol. The summed E-state index contributed by atoms with van der Waals surface area (Å²) in [7, 11) is 0. The number of fused-ring (bicyclic) bond motifs is 1. The number of ether oxygens (including phenoxy) is 1. The van der Waals surface area contributed by atoms with Gasteiger partial charge in [0.25, 0.3) is 5.91 Å². The van der Waals surface area contributed by atoms with Crippen molar-refractivity contribution in [3.05, 3.63) is 59.8 Å². The summed E-state index contributed by atoms with van der Waals surface area (Å²) in [5.41, 5.74) is 1.99. The number of nitrogens with one attached hydrogen (secondary N) is 3. The lowest BCUT2D eigenvalue weighted by atomic mass is 10.1. The third kappa shape index (κ3) is 4.88. The van der Waals surface area contributed by atoms with Crippen molar-refractivity contribution in [2.75, 3.05) is 13.1 Å². The lowest BCUT2D eigenvalue weighted by molar-refractivity contribution is -0.120. The molecule has 2 amide bonds.